The van der Waals surface area contributed by atoms with Gasteiger partial charge in [0.1, 0.15) is 0 Å². The Morgan fingerprint density at radius 1 is 1.12 bits per heavy atom. The Bertz CT molecular complexity index is 1150. The highest BCUT2D eigenvalue weighted by atomic mass is 16.1. The third-order valence-corrected chi connectivity index (χ3v) is 6.57. The van der Waals surface area contributed by atoms with Gasteiger partial charge in [-0.25, -0.2) is 9.67 Å². The van der Waals surface area contributed by atoms with E-state index in [1.54, 1.807) is 0 Å². The first-order valence-corrected chi connectivity index (χ1v) is 11.8. The fourth-order valence-corrected chi connectivity index (χ4v) is 4.62. The maximum Gasteiger partial charge on any atom is 0.252 e. The molecule has 0 spiro atoms. The zero-order valence-corrected chi connectivity index (χ0v) is 19.6. The van der Waals surface area contributed by atoms with Crippen molar-refractivity contribution in [3.8, 4) is 0 Å². The molecule has 1 saturated heterocycles. The second-order valence-electron chi connectivity index (χ2n) is 10.3. The molecular weight excluding hydrogens is 398 g/mol. The number of rotatable bonds is 5. The summed E-state index contributed by atoms with van der Waals surface area (Å²) in [5.74, 6) is 0.409. The first-order valence-electron chi connectivity index (χ1n) is 11.8. The van der Waals surface area contributed by atoms with Gasteiger partial charge in [0.2, 0.25) is 0 Å². The van der Waals surface area contributed by atoms with Gasteiger partial charge in [0, 0.05) is 36.9 Å². The quantitative estimate of drug-likeness (QED) is 0.624. The van der Waals surface area contributed by atoms with Gasteiger partial charge in [-0.2, -0.15) is 5.10 Å². The zero-order valence-electron chi connectivity index (χ0n) is 19.6. The van der Waals surface area contributed by atoms with Crippen LogP contribution < -0.4 is 10.2 Å². The molecule has 6 nitrogen and oxygen atoms in total. The molecule has 1 aromatic carbocycles. The number of carbonyl (C=O) groups is 1. The molecule has 3 aromatic rings. The standard InChI is InChI=1S/C26H33N5O/c1-17-23-21(15-22(19-9-10-19)28-24(23)31(29-17)26(2,3)4)25(32)27-16-18-7-11-20(12-8-18)30-13-5-6-14-30/h7-8,11-12,15,19H,5-6,9-10,13-14,16H2,1-4H3,(H,27,32). The fraction of sp³-hybridized carbons (Fsp3) is 0.500. The largest absolute Gasteiger partial charge is 0.372 e. The third-order valence-electron chi connectivity index (χ3n) is 6.57. The van der Waals surface area contributed by atoms with Gasteiger partial charge in [0.15, 0.2) is 5.65 Å². The second-order valence-corrected chi connectivity index (χ2v) is 10.3. The lowest BCUT2D eigenvalue weighted by Gasteiger charge is -2.20. The van der Waals surface area contributed by atoms with Crippen LogP contribution in [0.15, 0.2) is 30.3 Å². The number of aromatic nitrogens is 3. The molecule has 2 aromatic heterocycles. The summed E-state index contributed by atoms with van der Waals surface area (Å²) in [6.45, 7) is 11.1. The summed E-state index contributed by atoms with van der Waals surface area (Å²) < 4.78 is 1.97. The molecule has 1 saturated carbocycles. The number of anilines is 1. The van der Waals surface area contributed by atoms with Crippen LogP contribution in [0.3, 0.4) is 0 Å². The molecule has 1 amide bonds. The lowest BCUT2D eigenvalue weighted by atomic mass is 10.1. The molecule has 3 heterocycles. The lowest BCUT2D eigenvalue weighted by Crippen LogP contribution is -2.25. The second kappa shape index (κ2) is 7.91. The Hall–Kier alpha value is -2.89. The molecule has 1 aliphatic heterocycles. The number of benzene rings is 1. The van der Waals surface area contributed by atoms with Crippen molar-refractivity contribution in [3.63, 3.8) is 0 Å². The molecule has 2 fully saturated rings. The molecule has 32 heavy (non-hydrogen) atoms. The highest BCUT2D eigenvalue weighted by Crippen LogP contribution is 2.41. The Labute approximate surface area is 190 Å². The van der Waals surface area contributed by atoms with Gasteiger partial charge in [0.05, 0.1) is 22.2 Å². The number of amides is 1. The summed E-state index contributed by atoms with van der Waals surface area (Å²) in [7, 11) is 0. The molecule has 1 aliphatic carbocycles. The SMILES string of the molecule is Cc1nn(C(C)(C)C)c2nc(C3CC3)cc(C(=O)NCc3ccc(N4CCCC4)cc3)c12. The van der Waals surface area contributed by atoms with Crippen LogP contribution >= 0.6 is 0 Å². The van der Waals surface area contributed by atoms with Gasteiger partial charge in [-0.05, 0) is 77.1 Å². The van der Waals surface area contributed by atoms with Crippen molar-refractivity contribution in [1.29, 1.82) is 0 Å². The van der Waals surface area contributed by atoms with Gasteiger partial charge >= 0.3 is 0 Å². The van der Waals surface area contributed by atoms with Crippen LogP contribution in [0.4, 0.5) is 5.69 Å². The van der Waals surface area contributed by atoms with Crippen molar-refractivity contribution in [2.75, 3.05) is 18.0 Å². The van der Waals surface area contributed by atoms with E-state index in [9.17, 15) is 4.79 Å². The predicted octanol–water partition coefficient (Wildman–Crippen LogP) is 4.90. The summed E-state index contributed by atoms with van der Waals surface area (Å²) in [5, 5.41) is 8.77. The smallest absolute Gasteiger partial charge is 0.252 e. The maximum atomic E-state index is 13.3. The van der Waals surface area contributed by atoms with Crippen molar-refractivity contribution in [1.82, 2.24) is 20.1 Å². The Balaban J connectivity index is 1.41. The third kappa shape index (κ3) is 3.98. The van der Waals surface area contributed by atoms with E-state index in [0.29, 0.717) is 18.0 Å². The summed E-state index contributed by atoms with van der Waals surface area (Å²) in [6, 6.07) is 10.6. The van der Waals surface area contributed by atoms with Crippen LogP contribution in [0.25, 0.3) is 11.0 Å². The number of aryl methyl sites for hydroxylation is 1. The van der Waals surface area contributed by atoms with Crippen LogP contribution in [-0.2, 0) is 12.1 Å². The highest BCUT2D eigenvalue weighted by molar-refractivity contribution is 6.06. The van der Waals surface area contributed by atoms with E-state index in [1.807, 2.05) is 17.7 Å². The topological polar surface area (TPSA) is 63.1 Å². The maximum absolute atomic E-state index is 13.3. The van der Waals surface area contributed by atoms with E-state index in [2.05, 4.69) is 55.3 Å². The van der Waals surface area contributed by atoms with Crippen molar-refractivity contribution >= 4 is 22.6 Å². The molecule has 1 N–H and O–H groups in total. The van der Waals surface area contributed by atoms with E-state index in [4.69, 9.17) is 10.1 Å². The predicted molar refractivity (Wildman–Crippen MR) is 128 cm³/mol. The summed E-state index contributed by atoms with van der Waals surface area (Å²) in [5.41, 5.74) is 5.56. The van der Waals surface area contributed by atoms with Crippen molar-refractivity contribution < 1.29 is 4.79 Å². The molecule has 168 valence electrons. The van der Waals surface area contributed by atoms with Crippen LogP contribution in [0.2, 0.25) is 0 Å². The number of fused-ring (bicyclic) bond motifs is 1. The molecule has 0 radical (unpaired) electrons. The fourth-order valence-electron chi connectivity index (χ4n) is 4.62. The number of carbonyl (C=O) groups excluding carboxylic acids is 1. The van der Waals surface area contributed by atoms with Gasteiger partial charge in [-0.1, -0.05) is 12.1 Å². The van der Waals surface area contributed by atoms with E-state index < -0.39 is 0 Å². The number of pyridine rings is 1. The first-order chi connectivity index (χ1) is 15.3. The minimum atomic E-state index is -0.202. The normalized spacial score (nSPS) is 16.7. The zero-order chi connectivity index (χ0) is 22.5. The average Bonchev–Trinajstić information content (AvgIpc) is 3.36. The molecule has 0 unspecified atom stereocenters. The number of hydrogen-bond donors (Lipinski definition) is 1. The number of nitrogens with zero attached hydrogens (tertiary/aromatic N) is 4. The minimum Gasteiger partial charge on any atom is -0.372 e. The van der Waals surface area contributed by atoms with Gasteiger partial charge < -0.3 is 10.2 Å². The minimum absolute atomic E-state index is 0.0560. The molecule has 5 rings (SSSR count). The van der Waals surface area contributed by atoms with Gasteiger partial charge in [0.25, 0.3) is 5.91 Å². The van der Waals surface area contributed by atoms with Crippen molar-refractivity contribution in [2.24, 2.45) is 0 Å². The molecule has 2 aliphatic rings. The summed E-state index contributed by atoms with van der Waals surface area (Å²) >= 11 is 0. The molecule has 0 atom stereocenters. The Kier molecular flexibility index (Phi) is 5.19. The monoisotopic (exact) mass is 431 g/mol. The Morgan fingerprint density at radius 3 is 2.44 bits per heavy atom. The van der Waals surface area contributed by atoms with Crippen LogP contribution in [0.1, 0.15) is 79.7 Å². The van der Waals surface area contributed by atoms with E-state index >= 15 is 0 Å². The van der Waals surface area contributed by atoms with E-state index in [-0.39, 0.29) is 11.4 Å². The number of hydrogen-bond acceptors (Lipinski definition) is 4. The van der Waals surface area contributed by atoms with Crippen molar-refractivity contribution in [2.45, 2.75) is 71.4 Å². The lowest BCUT2D eigenvalue weighted by molar-refractivity contribution is 0.0952. The van der Waals surface area contributed by atoms with Gasteiger partial charge in [-0.3, -0.25) is 4.79 Å². The average molecular weight is 432 g/mol. The van der Waals surface area contributed by atoms with Crippen LogP contribution in [0.5, 0.6) is 0 Å². The molecular formula is C26H33N5O. The van der Waals surface area contributed by atoms with Crippen LogP contribution in [0, 0.1) is 6.92 Å². The summed E-state index contributed by atoms with van der Waals surface area (Å²) in [4.78, 5) is 20.7. The Morgan fingerprint density at radius 2 is 1.81 bits per heavy atom. The van der Waals surface area contributed by atoms with E-state index in [0.717, 1.165) is 53.9 Å². The summed E-state index contributed by atoms with van der Waals surface area (Å²) in [6.07, 6.45) is 4.83. The van der Waals surface area contributed by atoms with E-state index in [1.165, 1.54) is 18.5 Å². The molecule has 6 heteroatoms. The van der Waals surface area contributed by atoms with Crippen LogP contribution in [-0.4, -0.2) is 33.8 Å². The first kappa shape index (κ1) is 21.0. The van der Waals surface area contributed by atoms with Crippen molar-refractivity contribution in [3.05, 3.63) is 52.8 Å². The van der Waals surface area contributed by atoms with Gasteiger partial charge in [-0.15, -0.1) is 0 Å². The number of nitrogens with one attached hydrogen (secondary N) is 1. The molecule has 0 bridgehead atoms. The highest BCUT2D eigenvalue weighted by Gasteiger charge is 2.30.